The van der Waals surface area contributed by atoms with E-state index < -0.39 is 0 Å². The van der Waals surface area contributed by atoms with Crippen LogP contribution >= 0.6 is 24.0 Å². The quantitative estimate of drug-likeness (QED) is 0.257. The van der Waals surface area contributed by atoms with Crippen LogP contribution < -0.4 is 10.6 Å². The first-order valence-corrected chi connectivity index (χ1v) is 8.05. The first kappa shape index (κ1) is 22.1. The third kappa shape index (κ3) is 10.5. The zero-order valence-corrected chi connectivity index (χ0v) is 16.8. The minimum absolute atomic E-state index is 0. The Kier molecular flexibility index (Phi) is 14.2. The van der Waals surface area contributed by atoms with Crippen LogP contribution in [-0.2, 0) is 22.6 Å². The molecule has 1 aromatic carbocycles. The Hall–Kier alpha value is -0.860. The van der Waals surface area contributed by atoms with Crippen LogP contribution in [0.2, 0.25) is 0 Å². The van der Waals surface area contributed by atoms with E-state index in [0.717, 1.165) is 32.3 Å². The van der Waals surface area contributed by atoms with Gasteiger partial charge in [0.25, 0.3) is 0 Å². The van der Waals surface area contributed by atoms with E-state index in [-0.39, 0.29) is 24.0 Å². The van der Waals surface area contributed by atoms with Crippen molar-refractivity contribution in [3.63, 3.8) is 0 Å². The first-order valence-electron chi connectivity index (χ1n) is 8.05. The average Bonchev–Trinajstić information content (AvgIpc) is 2.55. The van der Waals surface area contributed by atoms with E-state index in [0.29, 0.717) is 19.8 Å². The summed E-state index contributed by atoms with van der Waals surface area (Å²) < 4.78 is 10.7. The minimum Gasteiger partial charge on any atom is -0.380 e. The fraction of sp³-hybridized carbons (Fsp3) is 0.588. The molecule has 0 atom stereocenters. The summed E-state index contributed by atoms with van der Waals surface area (Å²) in [5.41, 5.74) is 2.37. The summed E-state index contributed by atoms with van der Waals surface area (Å²) in [4.78, 5) is 4.58. The van der Waals surface area contributed by atoms with Gasteiger partial charge in [-0.15, -0.1) is 24.0 Å². The lowest BCUT2D eigenvalue weighted by Crippen LogP contribution is -2.39. The van der Waals surface area contributed by atoms with Crippen molar-refractivity contribution >= 4 is 29.9 Å². The highest BCUT2D eigenvalue weighted by Gasteiger charge is 1.98. The van der Waals surface area contributed by atoms with Crippen molar-refractivity contribution in [2.24, 2.45) is 4.99 Å². The van der Waals surface area contributed by atoms with E-state index in [1.807, 2.05) is 13.8 Å². The molecule has 132 valence electrons. The van der Waals surface area contributed by atoms with E-state index in [4.69, 9.17) is 9.47 Å². The van der Waals surface area contributed by atoms with Crippen LogP contribution in [0, 0.1) is 0 Å². The van der Waals surface area contributed by atoms with Gasteiger partial charge >= 0.3 is 0 Å². The molecule has 0 bridgehead atoms. The van der Waals surface area contributed by atoms with Gasteiger partial charge in [0.2, 0.25) is 0 Å². The third-order valence-electron chi connectivity index (χ3n) is 3.00. The van der Waals surface area contributed by atoms with Crippen LogP contribution in [0.5, 0.6) is 0 Å². The number of nitrogens with zero attached hydrogens (tertiary/aromatic N) is 1. The molecule has 0 unspecified atom stereocenters. The van der Waals surface area contributed by atoms with Gasteiger partial charge in [0, 0.05) is 26.3 Å². The van der Waals surface area contributed by atoms with Crippen molar-refractivity contribution in [2.75, 3.05) is 32.9 Å². The highest BCUT2D eigenvalue weighted by molar-refractivity contribution is 14.0. The van der Waals surface area contributed by atoms with Gasteiger partial charge in [-0.2, -0.15) is 0 Å². The van der Waals surface area contributed by atoms with Gasteiger partial charge in [-0.25, -0.2) is 4.99 Å². The Bertz CT molecular complexity index is 424. The Morgan fingerprint density at radius 3 is 2.22 bits per heavy atom. The van der Waals surface area contributed by atoms with Gasteiger partial charge in [0.05, 0.1) is 19.8 Å². The molecule has 0 aliphatic heterocycles. The summed E-state index contributed by atoms with van der Waals surface area (Å²) in [6.45, 7) is 11.1. The topological polar surface area (TPSA) is 54.9 Å². The summed E-state index contributed by atoms with van der Waals surface area (Å²) in [6, 6.07) is 8.38. The lowest BCUT2D eigenvalue weighted by molar-refractivity contribution is 0.134. The van der Waals surface area contributed by atoms with Gasteiger partial charge in [-0.1, -0.05) is 24.3 Å². The number of hydrogen-bond donors (Lipinski definition) is 2. The fourth-order valence-electron chi connectivity index (χ4n) is 1.86. The number of ether oxygens (including phenoxy) is 2. The van der Waals surface area contributed by atoms with Crippen LogP contribution in [0.3, 0.4) is 0 Å². The van der Waals surface area contributed by atoms with Gasteiger partial charge in [0.1, 0.15) is 0 Å². The predicted molar refractivity (Wildman–Crippen MR) is 106 cm³/mol. The van der Waals surface area contributed by atoms with Crippen molar-refractivity contribution in [1.82, 2.24) is 10.6 Å². The Balaban J connectivity index is 0.00000484. The van der Waals surface area contributed by atoms with Gasteiger partial charge in [-0.05, 0) is 31.9 Å². The molecule has 6 heteroatoms. The van der Waals surface area contributed by atoms with Crippen molar-refractivity contribution < 1.29 is 9.47 Å². The maximum Gasteiger partial charge on any atom is 0.191 e. The third-order valence-corrected chi connectivity index (χ3v) is 3.00. The molecular weight excluding hydrogens is 405 g/mol. The monoisotopic (exact) mass is 435 g/mol. The molecule has 0 aliphatic rings. The van der Waals surface area contributed by atoms with Crippen LogP contribution in [-0.4, -0.2) is 38.9 Å². The summed E-state index contributed by atoms with van der Waals surface area (Å²) in [6.07, 6.45) is 0. The molecule has 0 aromatic heterocycles. The molecule has 0 aliphatic carbocycles. The van der Waals surface area contributed by atoms with E-state index in [9.17, 15) is 0 Å². The Morgan fingerprint density at radius 2 is 1.61 bits per heavy atom. The van der Waals surface area contributed by atoms with Crippen molar-refractivity contribution in [3.8, 4) is 0 Å². The number of nitrogens with one attached hydrogen (secondary N) is 2. The standard InChI is InChI=1S/C17H29N3O2.HI/c1-4-18-17(19-11-12-21-5-2)20-13-15-7-9-16(10-8-15)14-22-6-3;/h7-10H,4-6,11-14H2,1-3H3,(H2,18,19,20);1H. The predicted octanol–water partition coefficient (Wildman–Crippen LogP) is 2.93. The molecule has 0 fully saturated rings. The number of aliphatic imine (C=N–C) groups is 1. The van der Waals surface area contributed by atoms with E-state index in [1.54, 1.807) is 0 Å². The van der Waals surface area contributed by atoms with E-state index >= 15 is 0 Å². The summed E-state index contributed by atoms with van der Waals surface area (Å²) in [7, 11) is 0. The molecule has 0 spiro atoms. The number of benzene rings is 1. The van der Waals surface area contributed by atoms with E-state index in [2.05, 4.69) is 46.8 Å². The lowest BCUT2D eigenvalue weighted by Gasteiger charge is -2.11. The highest BCUT2D eigenvalue weighted by atomic mass is 127. The molecular formula is C17H30IN3O2. The van der Waals surface area contributed by atoms with Crippen LogP contribution in [0.25, 0.3) is 0 Å². The molecule has 1 rings (SSSR count). The van der Waals surface area contributed by atoms with Crippen molar-refractivity contribution in [2.45, 2.75) is 33.9 Å². The number of halogens is 1. The number of hydrogen-bond acceptors (Lipinski definition) is 3. The van der Waals surface area contributed by atoms with Crippen LogP contribution in [0.4, 0.5) is 0 Å². The normalized spacial score (nSPS) is 11.0. The second-order valence-corrected chi connectivity index (χ2v) is 4.77. The largest absolute Gasteiger partial charge is 0.380 e. The van der Waals surface area contributed by atoms with Crippen molar-refractivity contribution in [3.05, 3.63) is 35.4 Å². The number of rotatable bonds is 10. The molecule has 1 aromatic rings. The second kappa shape index (κ2) is 14.7. The zero-order chi connectivity index (χ0) is 16.0. The average molecular weight is 435 g/mol. The molecule has 23 heavy (non-hydrogen) atoms. The van der Waals surface area contributed by atoms with Crippen LogP contribution in [0.1, 0.15) is 31.9 Å². The zero-order valence-electron chi connectivity index (χ0n) is 14.4. The SMILES string of the molecule is CCNC(=NCc1ccc(COCC)cc1)NCCOCC.I. The fourth-order valence-corrected chi connectivity index (χ4v) is 1.86. The Labute approximate surface area is 157 Å². The van der Waals surface area contributed by atoms with Gasteiger partial charge in [0.15, 0.2) is 5.96 Å². The summed E-state index contributed by atoms with van der Waals surface area (Å²) in [5, 5.41) is 6.49. The lowest BCUT2D eigenvalue weighted by atomic mass is 10.1. The smallest absolute Gasteiger partial charge is 0.191 e. The maximum atomic E-state index is 5.39. The highest BCUT2D eigenvalue weighted by Crippen LogP contribution is 2.07. The summed E-state index contributed by atoms with van der Waals surface area (Å²) in [5.74, 6) is 0.820. The molecule has 0 radical (unpaired) electrons. The maximum absolute atomic E-state index is 5.39. The number of guanidine groups is 1. The molecule has 2 N–H and O–H groups in total. The van der Waals surface area contributed by atoms with Gasteiger partial charge < -0.3 is 20.1 Å². The Morgan fingerprint density at radius 1 is 0.957 bits per heavy atom. The van der Waals surface area contributed by atoms with Gasteiger partial charge in [-0.3, -0.25) is 0 Å². The second-order valence-electron chi connectivity index (χ2n) is 4.77. The summed E-state index contributed by atoms with van der Waals surface area (Å²) >= 11 is 0. The molecule has 0 amide bonds. The molecule has 0 saturated heterocycles. The molecule has 0 heterocycles. The van der Waals surface area contributed by atoms with E-state index in [1.165, 1.54) is 11.1 Å². The van der Waals surface area contributed by atoms with Crippen LogP contribution in [0.15, 0.2) is 29.3 Å². The molecule has 5 nitrogen and oxygen atoms in total. The molecule has 0 saturated carbocycles. The minimum atomic E-state index is 0. The first-order chi connectivity index (χ1) is 10.8. The van der Waals surface area contributed by atoms with Crippen molar-refractivity contribution in [1.29, 1.82) is 0 Å².